The van der Waals surface area contributed by atoms with E-state index < -0.39 is 5.97 Å². The van der Waals surface area contributed by atoms with Gasteiger partial charge >= 0.3 is 5.97 Å². The Labute approximate surface area is 151 Å². The molecule has 0 spiro atoms. The highest BCUT2D eigenvalue weighted by Crippen LogP contribution is 2.13. The molecule has 2 aromatic carbocycles. The molecule has 2 amide bonds. The number of anilines is 1. The topological polar surface area (TPSA) is 84.5 Å². The van der Waals surface area contributed by atoms with Crippen LogP contribution in [0.25, 0.3) is 0 Å². The standard InChI is InChI=1S/C20H20N2O4/c1-3-12-21-18(23)15-6-5-7-16(13-15)19(24)22-17-10-8-14(9-11-17)20(25)26-4-2/h3,5-11,13H,1,4,12H2,2H3,(H,21,23)(H,22,24). The van der Waals surface area contributed by atoms with Crippen molar-refractivity contribution in [2.45, 2.75) is 6.92 Å². The summed E-state index contributed by atoms with van der Waals surface area (Å²) in [7, 11) is 0. The van der Waals surface area contributed by atoms with Gasteiger partial charge in [0.05, 0.1) is 12.2 Å². The van der Waals surface area contributed by atoms with Crippen molar-refractivity contribution < 1.29 is 19.1 Å². The number of nitrogens with one attached hydrogen (secondary N) is 2. The van der Waals surface area contributed by atoms with Gasteiger partial charge in [-0.2, -0.15) is 0 Å². The molecule has 0 bridgehead atoms. The van der Waals surface area contributed by atoms with Crippen molar-refractivity contribution >= 4 is 23.5 Å². The summed E-state index contributed by atoms with van der Waals surface area (Å²) < 4.78 is 4.91. The van der Waals surface area contributed by atoms with Crippen LogP contribution in [0.15, 0.2) is 61.2 Å². The molecular formula is C20H20N2O4. The first-order valence-electron chi connectivity index (χ1n) is 8.13. The molecule has 0 heterocycles. The van der Waals surface area contributed by atoms with Crippen LogP contribution in [0.2, 0.25) is 0 Å². The average Bonchev–Trinajstić information content (AvgIpc) is 2.67. The predicted molar refractivity (Wildman–Crippen MR) is 99.3 cm³/mol. The largest absolute Gasteiger partial charge is 0.462 e. The van der Waals surface area contributed by atoms with Gasteiger partial charge in [0, 0.05) is 23.4 Å². The average molecular weight is 352 g/mol. The van der Waals surface area contributed by atoms with Crippen molar-refractivity contribution in [2.75, 3.05) is 18.5 Å². The predicted octanol–water partition coefficient (Wildman–Crippen LogP) is 3.03. The summed E-state index contributed by atoms with van der Waals surface area (Å²) in [6, 6.07) is 12.8. The van der Waals surface area contributed by atoms with Gasteiger partial charge < -0.3 is 15.4 Å². The molecule has 6 heteroatoms. The highest BCUT2D eigenvalue weighted by atomic mass is 16.5. The van der Waals surface area contributed by atoms with Gasteiger partial charge in [-0.1, -0.05) is 12.1 Å². The number of amides is 2. The third-order valence-electron chi connectivity index (χ3n) is 3.45. The molecule has 0 aliphatic rings. The minimum atomic E-state index is -0.413. The van der Waals surface area contributed by atoms with Crippen LogP contribution in [0.1, 0.15) is 38.0 Å². The van der Waals surface area contributed by atoms with Crippen molar-refractivity contribution in [1.29, 1.82) is 0 Å². The van der Waals surface area contributed by atoms with Crippen LogP contribution < -0.4 is 10.6 Å². The molecule has 0 radical (unpaired) electrons. The van der Waals surface area contributed by atoms with E-state index in [1.54, 1.807) is 55.5 Å². The Morgan fingerprint density at radius 1 is 1.00 bits per heavy atom. The first kappa shape index (κ1) is 18.9. The van der Waals surface area contributed by atoms with E-state index in [1.165, 1.54) is 6.07 Å². The van der Waals surface area contributed by atoms with Crippen LogP contribution in [0.4, 0.5) is 5.69 Å². The Kier molecular flexibility index (Phi) is 6.68. The zero-order chi connectivity index (χ0) is 18.9. The second-order valence-corrected chi connectivity index (χ2v) is 5.33. The van der Waals surface area contributed by atoms with E-state index in [4.69, 9.17) is 4.74 Å². The lowest BCUT2D eigenvalue weighted by Crippen LogP contribution is -2.23. The second-order valence-electron chi connectivity index (χ2n) is 5.33. The molecule has 0 unspecified atom stereocenters. The lowest BCUT2D eigenvalue weighted by Gasteiger charge is -2.08. The Morgan fingerprint density at radius 2 is 1.65 bits per heavy atom. The van der Waals surface area contributed by atoms with Crippen molar-refractivity contribution in [1.82, 2.24) is 5.32 Å². The quantitative estimate of drug-likeness (QED) is 0.592. The summed E-state index contributed by atoms with van der Waals surface area (Å²) in [4.78, 5) is 36.0. The molecule has 0 saturated carbocycles. The maximum Gasteiger partial charge on any atom is 0.338 e. The Hall–Kier alpha value is -3.41. The summed E-state index contributed by atoms with van der Waals surface area (Å²) in [5.74, 6) is -1.05. The molecule has 2 rings (SSSR count). The fraction of sp³-hybridized carbons (Fsp3) is 0.150. The third kappa shape index (κ3) is 5.04. The smallest absolute Gasteiger partial charge is 0.338 e. The first-order valence-corrected chi connectivity index (χ1v) is 8.13. The highest BCUT2D eigenvalue weighted by molar-refractivity contribution is 6.06. The fourth-order valence-corrected chi connectivity index (χ4v) is 2.18. The summed E-state index contributed by atoms with van der Waals surface area (Å²) in [6.07, 6.45) is 1.58. The molecule has 134 valence electrons. The van der Waals surface area contributed by atoms with Crippen LogP contribution in [0, 0.1) is 0 Å². The van der Waals surface area contributed by atoms with Gasteiger partial charge in [0.25, 0.3) is 11.8 Å². The number of esters is 1. The van der Waals surface area contributed by atoms with Crippen LogP contribution in [-0.4, -0.2) is 30.9 Å². The summed E-state index contributed by atoms with van der Waals surface area (Å²) >= 11 is 0. The lowest BCUT2D eigenvalue weighted by atomic mass is 10.1. The molecule has 0 atom stereocenters. The number of hydrogen-bond acceptors (Lipinski definition) is 4. The molecular weight excluding hydrogens is 332 g/mol. The second kappa shape index (κ2) is 9.17. The number of hydrogen-bond donors (Lipinski definition) is 2. The third-order valence-corrected chi connectivity index (χ3v) is 3.45. The van der Waals surface area contributed by atoms with Crippen molar-refractivity contribution in [2.24, 2.45) is 0 Å². The number of rotatable bonds is 7. The van der Waals surface area contributed by atoms with Crippen LogP contribution in [0.5, 0.6) is 0 Å². The van der Waals surface area contributed by atoms with E-state index in [0.717, 1.165) is 0 Å². The molecule has 2 aromatic rings. The minimum absolute atomic E-state index is 0.279. The number of carbonyl (C=O) groups excluding carboxylic acids is 3. The van der Waals surface area contributed by atoms with E-state index in [-0.39, 0.29) is 11.8 Å². The SMILES string of the molecule is C=CCNC(=O)c1cccc(C(=O)Nc2ccc(C(=O)OCC)cc2)c1. The maximum atomic E-state index is 12.4. The fourth-order valence-electron chi connectivity index (χ4n) is 2.18. The molecule has 6 nitrogen and oxygen atoms in total. The van der Waals surface area contributed by atoms with Crippen LogP contribution >= 0.6 is 0 Å². The summed E-state index contributed by atoms with van der Waals surface area (Å²) in [5, 5.41) is 5.39. The summed E-state index contributed by atoms with van der Waals surface area (Å²) in [6.45, 7) is 5.92. The van der Waals surface area contributed by atoms with Gasteiger partial charge in [-0.05, 0) is 49.4 Å². The lowest BCUT2D eigenvalue weighted by molar-refractivity contribution is 0.0526. The molecule has 0 aliphatic carbocycles. The summed E-state index contributed by atoms with van der Waals surface area (Å²) in [5.41, 5.74) is 1.68. The highest BCUT2D eigenvalue weighted by Gasteiger charge is 2.11. The zero-order valence-corrected chi connectivity index (χ0v) is 14.5. The molecule has 0 saturated heterocycles. The monoisotopic (exact) mass is 352 g/mol. The van der Waals surface area contributed by atoms with Crippen molar-refractivity contribution in [3.8, 4) is 0 Å². The molecule has 0 aromatic heterocycles. The minimum Gasteiger partial charge on any atom is -0.462 e. The van der Waals surface area contributed by atoms with Crippen LogP contribution in [0.3, 0.4) is 0 Å². The van der Waals surface area contributed by atoms with Gasteiger partial charge in [-0.25, -0.2) is 4.79 Å². The normalized spacial score (nSPS) is 9.88. The van der Waals surface area contributed by atoms with E-state index in [2.05, 4.69) is 17.2 Å². The van der Waals surface area contributed by atoms with Gasteiger partial charge in [0.2, 0.25) is 0 Å². The molecule has 26 heavy (non-hydrogen) atoms. The Balaban J connectivity index is 2.06. The van der Waals surface area contributed by atoms with E-state index in [9.17, 15) is 14.4 Å². The van der Waals surface area contributed by atoms with Gasteiger partial charge in [0.15, 0.2) is 0 Å². The Bertz CT molecular complexity index is 813. The maximum absolute atomic E-state index is 12.4. The zero-order valence-electron chi connectivity index (χ0n) is 14.5. The Morgan fingerprint density at radius 3 is 2.27 bits per heavy atom. The molecule has 0 fully saturated rings. The van der Waals surface area contributed by atoms with Gasteiger partial charge in [-0.3, -0.25) is 9.59 Å². The van der Waals surface area contributed by atoms with Crippen molar-refractivity contribution in [3.63, 3.8) is 0 Å². The van der Waals surface area contributed by atoms with Crippen LogP contribution in [-0.2, 0) is 4.74 Å². The molecule has 0 aliphatic heterocycles. The van der Waals surface area contributed by atoms with E-state index in [1.807, 2.05) is 0 Å². The van der Waals surface area contributed by atoms with Gasteiger partial charge in [-0.15, -0.1) is 6.58 Å². The van der Waals surface area contributed by atoms with E-state index in [0.29, 0.717) is 35.5 Å². The number of benzene rings is 2. The van der Waals surface area contributed by atoms with Crippen molar-refractivity contribution in [3.05, 3.63) is 77.9 Å². The van der Waals surface area contributed by atoms with Gasteiger partial charge in [0.1, 0.15) is 0 Å². The number of carbonyl (C=O) groups is 3. The first-order chi connectivity index (χ1) is 12.5. The number of ether oxygens (including phenoxy) is 1. The van der Waals surface area contributed by atoms with E-state index >= 15 is 0 Å². The molecule has 2 N–H and O–H groups in total.